The molecule has 0 radical (unpaired) electrons. The van der Waals surface area contributed by atoms with Crippen molar-refractivity contribution in [1.82, 2.24) is 95.8 Å². The van der Waals surface area contributed by atoms with Crippen LogP contribution in [-0.4, -0.2) is 176 Å². The third-order valence-corrected chi connectivity index (χ3v) is 48.9. The second-order valence-electron chi connectivity index (χ2n) is 56.0. The number of rotatable bonds is 19. The van der Waals surface area contributed by atoms with Gasteiger partial charge in [0.15, 0.2) is 25.3 Å². The van der Waals surface area contributed by atoms with Gasteiger partial charge in [0, 0.05) is 13.0 Å². The Bertz CT molecular complexity index is 5500. The normalized spacial score (nSPS) is 46.1. The summed E-state index contributed by atoms with van der Waals surface area (Å²) >= 11 is 0. The van der Waals surface area contributed by atoms with Crippen molar-refractivity contribution in [2.75, 3.05) is 20.4 Å². The van der Waals surface area contributed by atoms with E-state index >= 15 is 0 Å². The van der Waals surface area contributed by atoms with E-state index in [1.807, 2.05) is 0 Å². The number of halogens is 3. The molecule has 21 saturated carbocycles. The highest BCUT2D eigenvalue weighted by molar-refractivity contribution is 5.25. The zero-order valence-electron chi connectivity index (χ0n) is 91.4. The van der Waals surface area contributed by atoms with E-state index in [9.17, 15) is 38.7 Å². The molecule has 0 spiro atoms. The summed E-state index contributed by atoms with van der Waals surface area (Å²) in [6, 6.07) is 0. The van der Waals surface area contributed by atoms with E-state index in [2.05, 4.69) is 158 Å². The molecule has 0 unspecified atom stereocenters. The summed E-state index contributed by atoms with van der Waals surface area (Å²) in [6.45, 7) is 40.5. The number of fused-ring (bicyclic) bond motifs is 25. The molecule has 21 aliphatic rings. The molecule has 28 heteroatoms. The highest BCUT2D eigenvalue weighted by atomic mass is 19.3. The number of methoxy groups -OCH3 is 1. The molecular weight excluding hydrogens is 1870 g/mol. The minimum atomic E-state index is -2.61. The fourth-order valence-corrected chi connectivity index (χ4v) is 42.3. The molecule has 5 aromatic heterocycles. The Labute approximate surface area is 885 Å². The van der Waals surface area contributed by atoms with Crippen LogP contribution in [0.15, 0.2) is 98.5 Å². The first-order chi connectivity index (χ1) is 71.5. The van der Waals surface area contributed by atoms with Crippen LogP contribution in [0.25, 0.3) is 0 Å². The van der Waals surface area contributed by atoms with Crippen molar-refractivity contribution in [3.05, 3.63) is 98.5 Å². The summed E-state index contributed by atoms with van der Waals surface area (Å²) in [6.07, 6.45) is 60.8. The van der Waals surface area contributed by atoms with Crippen molar-refractivity contribution in [3.63, 3.8) is 0 Å². The summed E-state index contributed by atoms with van der Waals surface area (Å²) in [7, 11) is 1.71. The second kappa shape index (κ2) is 42.3. The van der Waals surface area contributed by atoms with Gasteiger partial charge in [-0.1, -0.05) is 107 Å². The van der Waals surface area contributed by atoms with Crippen LogP contribution in [-0.2, 0) is 37.5 Å². The molecule has 149 heavy (non-hydrogen) atoms. The Morgan fingerprint density at radius 1 is 0.322 bits per heavy atom. The number of aromatic nitrogens is 19. The fourth-order valence-electron chi connectivity index (χ4n) is 42.3. The van der Waals surface area contributed by atoms with Crippen LogP contribution < -0.4 is 0 Å². The fraction of sp³-hybridized carbons (Fsp3) is 0.851. The Morgan fingerprint density at radius 3 is 0.940 bits per heavy atom. The van der Waals surface area contributed by atoms with Gasteiger partial charge in [-0.3, -0.25) is 0 Å². The van der Waals surface area contributed by atoms with Crippen molar-refractivity contribution in [2.45, 2.75) is 410 Å². The van der Waals surface area contributed by atoms with Crippen LogP contribution in [0.2, 0.25) is 0 Å². The Hall–Kier alpha value is -6.77. The Kier molecular flexibility index (Phi) is 30.2. The lowest BCUT2D eigenvalue weighted by Crippen LogP contribution is -2.52. The SMILES string of the molecule is C=C(Cn1nccn1)[C@H]1CC[C@H]2[C@@H]3CC[C@H]4C[C@@](O)(C(F)F)CC[C@@H]4[C@H]3CC[C@]12C.C=C(Cn1ncnn1)[C@H]1CC[C@H]2[C@@H]3CC[C@H]4C[C@@](O)(C#CC5CC5)CC[C@@H]4[C@H]3CC[C@]12C.C=C(Cn1ncnn1)[C@H]1CC[C@H]2[C@@H]3CC[C@H]4C[C@@](O)(CF)CC[C@@H]4[C@H]3CC[C@]12C.C=C(Cn1ncnn1)[C@H]1CC[C@H]2[C@@H]3CC[C@H]4C[C@@](O)(COC)CC[C@@H]4[C@H]3CC[C@]12C.C=C(Cn1ncnn1)[C@H]1CC[C@H]2[C@@H]3CC[C@H]4C[C@](C)(O)CC[C@@H]4[C@H]3CC[C@]12C. The maximum atomic E-state index is 13.4. The lowest BCUT2D eigenvalue weighted by Gasteiger charge is -2.57. The van der Waals surface area contributed by atoms with E-state index in [1.54, 1.807) is 43.5 Å². The molecule has 818 valence electrons. The molecule has 5 N–H and O–H groups in total. The van der Waals surface area contributed by atoms with E-state index in [1.165, 1.54) is 265 Å². The number of hydrogen-bond acceptors (Lipinski definition) is 20. The number of allylic oxidation sites excluding steroid dienone is 5. The average Bonchev–Trinajstić information content (AvgIpc) is 1.65. The van der Waals surface area contributed by atoms with Crippen molar-refractivity contribution >= 4 is 0 Å². The monoisotopic (exact) mass is 2050 g/mol. The lowest BCUT2D eigenvalue weighted by atomic mass is 9.48. The highest BCUT2D eigenvalue weighted by Crippen LogP contribution is 2.73. The summed E-state index contributed by atoms with van der Waals surface area (Å²) in [5, 5.41) is 110. The van der Waals surface area contributed by atoms with E-state index in [-0.39, 0.29) is 17.8 Å². The van der Waals surface area contributed by atoms with Gasteiger partial charge >= 0.3 is 0 Å². The van der Waals surface area contributed by atoms with E-state index in [4.69, 9.17) is 4.74 Å². The molecule has 5 heterocycles. The maximum Gasteiger partial charge on any atom is 0.266 e. The molecule has 21 fully saturated rings. The second-order valence-corrected chi connectivity index (χ2v) is 56.0. The molecule has 25 nitrogen and oxygen atoms in total. The van der Waals surface area contributed by atoms with Gasteiger partial charge in [0.1, 0.15) is 17.9 Å². The first kappa shape index (κ1) is 106. The van der Waals surface area contributed by atoms with Gasteiger partial charge in [0.25, 0.3) is 6.43 Å². The van der Waals surface area contributed by atoms with Gasteiger partial charge in [-0.05, 0) is 534 Å². The minimum Gasteiger partial charge on any atom is -0.390 e. The maximum absolute atomic E-state index is 13.4. The third kappa shape index (κ3) is 20.5. The van der Waals surface area contributed by atoms with Gasteiger partial charge < -0.3 is 30.3 Å². The zero-order valence-corrected chi connectivity index (χ0v) is 91.4. The first-order valence-corrected chi connectivity index (χ1v) is 60.0. The van der Waals surface area contributed by atoms with Crippen LogP contribution in [0.3, 0.4) is 0 Å². The van der Waals surface area contributed by atoms with E-state index in [0.29, 0.717) is 163 Å². The summed E-state index contributed by atoms with van der Waals surface area (Å²) in [5.41, 5.74) is 3.65. The predicted molar refractivity (Wildman–Crippen MR) is 565 cm³/mol. The number of alkyl halides is 3. The van der Waals surface area contributed by atoms with Gasteiger partial charge in [-0.25, -0.2) is 13.2 Å². The lowest BCUT2D eigenvalue weighted by molar-refractivity contribution is -0.159. The first-order valence-electron chi connectivity index (χ1n) is 60.0. The molecule has 26 rings (SSSR count). The van der Waals surface area contributed by atoms with Gasteiger partial charge in [0.05, 0.1) is 68.5 Å². The molecule has 0 aliphatic heterocycles. The summed E-state index contributed by atoms with van der Waals surface area (Å²) in [4.78, 5) is 8.44. The molecule has 0 aromatic carbocycles. The molecule has 0 bridgehead atoms. The smallest absolute Gasteiger partial charge is 0.266 e. The number of aliphatic hydroxyl groups is 5. The molecule has 5 aromatic rings. The topological polar surface area (TPSA) is 315 Å². The molecule has 0 amide bonds. The summed E-state index contributed by atoms with van der Waals surface area (Å²) < 4.78 is 45.5. The highest BCUT2D eigenvalue weighted by Gasteiger charge is 2.66. The minimum absolute atomic E-state index is 0.271. The molecule has 21 aliphatic carbocycles. The zero-order chi connectivity index (χ0) is 104. The Balaban J connectivity index is 0.000000105. The number of tetrazole rings is 4. The number of ether oxygens (including phenoxy) is 1. The summed E-state index contributed by atoms with van der Waals surface area (Å²) in [5.74, 6) is 28.9. The number of hydrogen-bond donors (Lipinski definition) is 5. The molecule has 40 atom stereocenters. The molecular formula is C121H182F3N19O6. The van der Waals surface area contributed by atoms with Crippen molar-refractivity contribution in [3.8, 4) is 11.8 Å². The Morgan fingerprint density at radius 2 is 0.617 bits per heavy atom. The van der Waals surface area contributed by atoms with Crippen LogP contribution in [0.5, 0.6) is 0 Å². The van der Waals surface area contributed by atoms with Crippen LogP contribution in [0, 0.1) is 222 Å². The van der Waals surface area contributed by atoms with Gasteiger partial charge in [0.2, 0.25) is 0 Å². The third-order valence-electron chi connectivity index (χ3n) is 48.9. The quantitative estimate of drug-likeness (QED) is 0.0379. The van der Waals surface area contributed by atoms with Crippen LogP contribution >= 0.6 is 0 Å². The van der Waals surface area contributed by atoms with E-state index < -0.39 is 41.1 Å². The largest absolute Gasteiger partial charge is 0.390 e. The standard InChI is InChI=1S/C27H38N4O.C24H35F2N3O.C24H38N4O2.C23H35FN4O.C23H36N4O/c1-18(16-31-29-17-28-30-31)24-7-8-25-23-6-5-20-15-27(32,13-9-19-3-4-19)14-11-21(20)22(23)10-12-26(24,25)2;1-15(14-29-27-11-12-28-29)20-5-6-21-19-4-3-16-13-24(30,22(25)26)10-8-17(16)18(19)7-9-23(20,21)2;1-16(13-28-26-15-25-27-28)21-6-7-22-20-5-4-17-12-24(29,14-30-3)11-9-18(17)19(20)8-10-23(21,22)2;1-15(12-28-26-14-25-27-28)20-5-6-21-19-4-3-16-11-23(29,13-24)10-8-17(16)18(19)7-9-22(20,21)2;1-15(13-27-25-14-24-26-27)20-6-7-21-19-5-4-16-12-22(2,28)10-8-17(16)18(19)9-11-23(20,21)3/h17,19-25,32H,1,3-8,10-12,14-16H2,2H3;11-12,16-22,30H,1,3-10,13-14H2,2H3;15,17-22,29H,1,4-14H2,2-3H3;14,16-21,29H,1,3-13H2,2H3;14,16-21,28H,1,4-13H2,2-3H3/t20-,21-,22+,23+,24+,25-,26+,27+;16-,17-,18+,19+,20+,21-,23+,24+;17-,18-,19+,20+,21+,22-,23+,24+;2*16-,17-,18+,19+,20+,21-,22+,23+/m00000/s1. The van der Waals surface area contributed by atoms with Crippen LogP contribution in [0.4, 0.5) is 13.2 Å². The molecule has 0 saturated heterocycles. The van der Waals surface area contributed by atoms with Crippen molar-refractivity contribution in [1.29, 1.82) is 0 Å². The number of nitrogens with zero attached hydrogens (tertiary/aromatic N) is 19. The van der Waals surface area contributed by atoms with Gasteiger partial charge in [-0.2, -0.15) is 34.2 Å². The van der Waals surface area contributed by atoms with Crippen molar-refractivity contribution in [2.24, 2.45) is 211 Å². The van der Waals surface area contributed by atoms with Gasteiger partial charge in [-0.15, -0.1) is 40.8 Å². The van der Waals surface area contributed by atoms with Crippen molar-refractivity contribution < 1.29 is 43.4 Å². The van der Waals surface area contributed by atoms with Crippen LogP contribution in [0.1, 0.15) is 343 Å². The average molecular weight is 2060 g/mol. The van der Waals surface area contributed by atoms with E-state index in [0.717, 1.165) is 159 Å². The predicted octanol–water partition coefficient (Wildman–Crippen LogP) is 22.1.